The Morgan fingerprint density at radius 3 is 2.23 bits per heavy atom. The van der Waals surface area contributed by atoms with Crippen LogP contribution in [0.15, 0.2) is 48.5 Å². The van der Waals surface area contributed by atoms with Crippen LogP contribution in [0.5, 0.6) is 5.75 Å². The predicted octanol–water partition coefficient (Wildman–Crippen LogP) is 2.44. The highest BCUT2D eigenvalue weighted by Gasteiger charge is 2.54. The average molecular weight is 293 g/mol. The molecule has 0 saturated carbocycles. The SMILES string of the molecule is O=C1CC2(Cc3ccccc3C2)C(=O)N1c1cccc(O)c1. The number of aromatic hydroxyl groups is 1. The molecule has 1 N–H and O–H groups in total. The molecular formula is C18H15NO3. The van der Waals surface area contributed by atoms with Crippen molar-refractivity contribution in [1.29, 1.82) is 0 Å². The molecule has 2 amide bonds. The van der Waals surface area contributed by atoms with Gasteiger partial charge in [0.15, 0.2) is 0 Å². The highest BCUT2D eigenvalue weighted by molar-refractivity contribution is 6.23. The summed E-state index contributed by atoms with van der Waals surface area (Å²) in [5.41, 5.74) is 2.11. The van der Waals surface area contributed by atoms with E-state index in [0.29, 0.717) is 18.5 Å². The zero-order valence-electron chi connectivity index (χ0n) is 12.0. The summed E-state index contributed by atoms with van der Waals surface area (Å²) in [4.78, 5) is 26.6. The standard InChI is InChI=1S/C18H15NO3/c20-15-7-3-6-14(8-15)19-16(21)11-18(17(19)22)9-12-4-1-2-5-13(12)10-18/h1-8,20H,9-11H2. The van der Waals surface area contributed by atoms with Crippen LogP contribution in [0.1, 0.15) is 17.5 Å². The van der Waals surface area contributed by atoms with Gasteiger partial charge in [-0.1, -0.05) is 30.3 Å². The Morgan fingerprint density at radius 1 is 0.909 bits per heavy atom. The minimum Gasteiger partial charge on any atom is -0.508 e. The summed E-state index contributed by atoms with van der Waals surface area (Å²) in [6, 6.07) is 14.3. The van der Waals surface area contributed by atoms with Gasteiger partial charge in [0.2, 0.25) is 11.8 Å². The fraction of sp³-hybridized carbons (Fsp3) is 0.222. The molecule has 0 unspecified atom stereocenters. The second kappa shape index (κ2) is 4.44. The number of hydrogen-bond donors (Lipinski definition) is 1. The third-order valence-corrected chi connectivity index (χ3v) is 4.66. The van der Waals surface area contributed by atoms with Gasteiger partial charge in [-0.15, -0.1) is 0 Å². The number of phenols is 1. The van der Waals surface area contributed by atoms with Crippen molar-refractivity contribution in [3.8, 4) is 5.75 Å². The molecule has 1 heterocycles. The molecule has 4 nitrogen and oxygen atoms in total. The molecule has 2 aromatic rings. The summed E-state index contributed by atoms with van der Waals surface area (Å²) < 4.78 is 0. The monoisotopic (exact) mass is 293 g/mol. The predicted molar refractivity (Wildman–Crippen MR) is 81.5 cm³/mol. The topological polar surface area (TPSA) is 57.6 Å². The maximum atomic E-state index is 12.9. The lowest BCUT2D eigenvalue weighted by molar-refractivity contribution is -0.125. The van der Waals surface area contributed by atoms with E-state index in [-0.39, 0.29) is 24.0 Å². The van der Waals surface area contributed by atoms with Crippen LogP contribution in [0, 0.1) is 5.41 Å². The van der Waals surface area contributed by atoms with Gasteiger partial charge in [0.05, 0.1) is 11.1 Å². The average Bonchev–Trinajstić information content (AvgIpc) is 2.96. The highest BCUT2D eigenvalue weighted by Crippen LogP contribution is 2.46. The number of hydrogen-bond acceptors (Lipinski definition) is 3. The molecule has 110 valence electrons. The van der Waals surface area contributed by atoms with Crippen molar-refractivity contribution in [2.75, 3.05) is 4.90 Å². The number of rotatable bonds is 1. The molecule has 1 fully saturated rings. The van der Waals surface area contributed by atoms with Crippen LogP contribution < -0.4 is 4.90 Å². The molecule has 1 saturated heterocycles. The van der Waals surface area contributed by atoms with E-state index in [1.807, 2.05) is 24.3 Å². The van der Waals surface area contributed by atoms with Crippen LogP contribution in [-0.2, 0) is 22.4 Å². The number of anilines is 1. The van der Waals surface area contributed by atoms with E-state index in [1.54, 1.807) is 12.1 Å². The Kier molecular flexibility index (Phi) is 2.64. The molecule has 0 aromatic heterocycles. The summed E-state index contributed by atoms with van der Waals surface area (Å²) in [5, 5.41) is 9.60. The number of fused-ring (bicyclic) bond motifs is 1. The first-order valence-electron chi connectivity index (χ1n) is 7.32. The third-order valence-electron chi connectivity index (χ3n) is 4.66. The molecule has 4 heteroatoms. The molecule has 2 aliphatic rings. The molecule has 0 radical (unpaired) electrons. The normalized spacial score (nSPS) is 19.0. The van der Waals surface area contributed by atoms with Gasteiger partial charge in [-0.2, -0.15) is 0 Å². The van der Waals surface area contributed by atoms with Crippen LogP contribution in [-0.4, -0.2) is 16.9 Å². The van der Waals surface area contributed by atoms with Crippen molar-refractivity contribution in [3.05, 3.63) is 59.7 Å². The Hall–Kier alpha value is -2.62. The molecule has 4 rings (SSSR count). The largest absolute Gasteiger partial charge is 0.508 e. The maximum absolute atomic E-state index is 12.9. The molecule has 0 atom stereocenters. The van der Waals surface area contributed by atoms with Crippen LogP contribution in [0.4, 0.5) is 5.69 Å². The molecule has 0 bridgehead atoms. The van der Waals surface area contributed by atoms with Crippen LogP contribution in [0.3, 0.4) is 0 Å². The molecule has 2 aromatic carbocycles. The van der Waals surface area contributed by atoms with Crippen molar-refractivity contribution in [2.24, 2.45) is 5.41 Å². The quantitative estimate of drug-likeness (QED) is 0.822. The first-order chi connectivity index (χ1) is 10.6. The number of nitrogens with zero attached hydrogens (tertiary/aromatic N) is 1. The van der Waals surface area contributed by atoms with Crippen molar-refractivity contribution in [3.63, 3.8) is 0 Å². The summed E-state index contributed by atoms with van der Waals surface area (Å²) in [5.74, 6) is -0.295. The van der Waals surface area contributed by atoms with E-state index in [0.717, 1.165) is 11.1 Å². The summed E-state index contributed by atoms with van der Waals surface area (Å²) in [7, 11) is 0. The Bertz CT molecular complexity index is 771. The van der Waals surface area contributed by atoms with Crippen LogP contribution in [0.25, 0.3) is 0 Å². The second-order valence-electron chi connectivity index (χ2n) is 6.13. The first kappa shape index (κ1) is 13.1. The van der Waals surface area contributed by atoms with Gasteiger partial charge in [0.25, 0.3) is 0 Å². The van der Waals surface area contributed by atoms with Crippen molar-refractivity contribution < 1.29 is 14.7 Å². The third kappa shape index (κ3) is 1.77. The molecule has 1 aliphatic heterocycles. The Labute approximate surface area is 128 Å². The van der Waals surface area contributed by atoms with E-state index in [4.69, 9.17) is 0 Å². The molecular weight excluding hydrogens is 278 g/mol. The minimum absolute atomic E-state index is 0.0498. The molecule has 22 heavy (non-hydrogen) atoms. The van der Waals surface area contributed by atoms with E-state index in [1.165, 1.54) is 17.0 Å². The van der Waals surface area contributed by atoms with Crippen molar-refractivity contribution >= 4 is 17.5 Å². The fourth-order valence-electron chi connectivity index (χ4n) is 3.66. The number of imide groups is 1. The van der Waals surface area contributed by atoms with Gasteiger partial charge in [-0.3, -0.25) is 9.59 Å². The zero-order chi connectivity index (χ0) is 15.3. The van der Waals surface area contributed by atoms with E-state index in [9.17, 15) is 14.7 Å². The van der Waals surface area contributed by atoms with E-state index < -0.39 is 5.41 Å². The number of amides is 2. The first-order valence-corrected chi connectivity index (χ1v) is 7.32. The molecule has 1 aliphatic carbocycles. The van der Waals surface area contributed by atoms with E-state index >= 15 is 0 Å². The lowest BCUT2D eigenvalue weighted by Crippen LogP contribution is -2.36. The van der Waals surface area contributed by atoms with E-state index in [2.05, 4.69) is 0 Å². The van der Waals surface area contributed by atoms with Gasteiger partial charge < -0.3 is 5.11 Å². The Morgan fingerprint density at radius 2 is 1.59 bits per heavy atom. The lowest BCUT2D eigenvalue weighted by Gasteiger charge is -2.21. The van der Waals surface area contributed by atoms with Crippen molar-refractivity contribution in [1.82, 2.24) is 0 Å². The van der Waals surface area contributed by atoms with Gasteiger partial charge in [0.1, 0.15) is 5.75 Å². The van der Waals surface area contributed by atoms with Gasteiger partial charge in [-0.05, 0) is 36.1 Å². The number of carbonyl (C=O) groups is 2. The van der Waals surface area contributed by atoms with Gasteiger partial charge in [-0.25, -0.2) is 4.90 Å². The zero-order valence-corrected chi connectivity index (χ0v) is 12.0. The number of phenolic OH excluding ortho intramolecular Hbond substituents is 1. The number of carbonyl (C=O) groups excluding carboxylic acids is 2. The van der Waals surface area contributed by atoms with Crippen LogP contribution in [0.2, 0.25) is 0 Å². The maximum Gasteiger partial charge on any atom is 0.241 e. The summed E-state index contributed by atoms with van der Waals surface area (Å²) >= 11 is 0. The lowest BCUT2D eigenvalue weighted by atomic mass is 9.83. The van der Waals surface area contributed by atoms with Crippen molar-refractivity contribution in [2.45, 2.75) is 19.3 Å². The summed E-state index contributed by atoms with van der Waals surface area (Å²) in [6.07, 6.45) is 1.46. The van der Waals surface area contributed by atoms with Gasteiger partial charge >= 0.3 is 0 Å². The summed E-state index contributed by atoms with van der Waals surface area (Å²) in [6.45, 7) is 0. The minimum atomic E-state index is -0.647. The Balaban J connectivity index is 1.72. The highest BCUT2D eigenvalue weighted by atomic mass is 16.3. The molecule has 1 spiro atoms. The van der Waals surface area contributed by atoms with Gasteiger partial charge in [0, 0.05) is 12.5 Å². The fourth-order valence-corrected chi connectivity index (χ4v) is 3.66. The van der Waals surface area contributed by atoms with Crippen LogP contribution >= 0.6 is 0 Å². The second-order valence-corrected chi connectivity index (χ2v) is 6.13. The number of benzene rings is 2. The smallest absolute Gasteiger partial charge is 0.241 e.